The predicted molar refractivity (Wildman–Crippen MR) is 80.8 cm³/mol. The van der Waals surface area contributed by atoms with Crippen molar-refractivity contribution in [3.05, 3.63) is 71.6 Å². The monoisotopic (exact) mass is 298 g/mol. The Morgan fingerprint density at radius 3 is 2.62 bits per heavy atom. The number of hydrogen-bond donors (Lipinski definition) is 1. The van der Waals surface area contributed by atoms with E-state index in [0.29, 0.717) is 16.5 Å². The average Bonchev–Trinajstić information content (AvgIpc) is 2.99. The molecule has 0 aliphatic carbocycles. The Balaban J connectivity index is 1.78. The second-order valence-electron chi connectivity index (χ2n) is 4.30. The Morgan fingerprint density at radius 1 is 1.10 bits per heavy atom. The van der Waals surface area contributed by atoms with Crippen molar-refractivity contribution >= 4 is 23.2 Å². The van der Waals surface area contributed by atoms with Crippen LogP contribution in [0, 0.1) is 0 Å². The molecule has 0 atom stereocenters. The molecule has 0 radical (unpaired) electrons. The Kier molecular flexibility index (Phi) is 3.66. The van der Waals surface area contributed by atoms with Crippen LogP contribution in [0.3, 0.4) is 0 Å². The first kappa shape index (κ1) is 13.3. The number of nitrogens with zero attached hydrogens (tertiary/aromatic N) is 3. The summed E-state index contributed by atoms with van der Waals surface area (Å²) in [5.74, 6) is 0.326. The molecule has 1 N–H and O–H groups in total. The molecule has 0 aliphatic heterocycles. The fourth-order valence-corrected chi connectivity index (χ4v) is 1.90. The molecule has 0 saturated heterocycles. The summed E-state index contributed by atoms with van der Waals surface area (Å²) in [6.45, 7) is 0. The number of benzene rings is 1. The van der Waals surface area contributed by atoms with Crippen molar-refractivity contribution in [1.29, 1.82) is 0 Å². The van der Waals surface area contributed by atoms with E-state index in [1.165, 1.54) is 10.9 Å². The van der Waals surface area contributed by atoms with Crippen molar-refractivity contribution in [2.75, 3.05) is 5.32 Å². The van der Waals surface area contributed by atoms with Gasteiger partial charge in [-0.25, -0.2) is 9.67 Å². The number of halogens is 1. The number of nitrogens with one attached hydrogen (secondary N) is 1. The van der Waals surface area contributed by atoms with E-state index in [0.717, 1.165) is 5.69 Å². The van der Waals surface area contributed by atoms with Gasteiger partial charge in [-0.05, 0) is 30.3 Å². The number of anilines is 1. The molecule has 3 rings (SSSR count). The zero-order valence-electron chi connectivity index (χ0n) is 10.9. The highest BCUT2D eigenvalue weighted by Crippen LogP contribution is 2.11. The Labute approximate surface area is 126 Å². The summed E-state index contributed by atoms with van der Waals surface area (Å²) in [6, 6.07) is 14.3. The highest BCUT2D eigenvalue weighted by Gasteiger charge is 2.10. The quantitative estimate of drug-likeness (QED) is 0.808. The molecule has 0 saturated carbocycles. The van der Waals surface area contributed by atoms with E-state index in [9.17, 15) is 4.79 Å². The molecule has 0 aliphatic rings. The zero-order chi connectivity index (χ0) is 14.7. The van der Waals surface area contributed by atoms with Crippen LogP contribution in [-0.2, 0) is 0 Å². The molecule has 0 bridgehead atoms. The summed E-state index contributed by atoms with van der Waals surface area (Å²) in [5.41, 5.74) is 1.04. The predicted octanol–water partition coefficient (Wildman–Crippen LogP) is 3.17. The Hall–Kier alpha value is -2.66. The van der Waals surface area contributed by atoms with Gasteiger partial charge in [0.2, 0.25) is 0 Å². The van der Waals surface area contributed by atoms with E-state index < -0.39 is 0 Å². The standard InChI is InChI=1S/C15H11ClN4O/c16-11-6-7-14(17-10-11)20-9-8-13(19-20)15(21)18-12-4-2-1-3-5-12/h1-10H,(H,18,21). The third-order valence-electron chi connectivity index (χ3n) is 2.80. The van der Waals surface area contributed by atoms with Gasteiger partial charge in [0.15, 0.2) is 11.5 Å². The normalized spacial score (nSPS) is 10.3. The first-order chi connectivity index (χ1) is 10.2. The van der Waals surface area contributed by atoms with Gasteiger partial charge in [0.05, 0.1) is 5.02 Å². The van der Waals surface area contributed by atoms with Gasteiger partial charge in [-0.2, -0.15) is 5.10 Å². The van der Waals surface area contributed by atoms with Gasteiger partial charge >= 0.3 is 0 Å². The van der Waals surface area contributed by atoms with Crippen LogP contribution in [0.5, 0.6) is 0 Å². The summed E-state index contributed by atoms with van der Waals surface area (Å²) in [7, 11) is 0. The van der Waals surface area contributed by atoms with E-state index in [-0.39, 0.29) is 5.91 Å². The molecular weight excluding hydrogens is 288 g/mol. The van der Waals surface area contributed by atoms with Gasteiger partial charge in [0, 0.05) is 18.1 Å². The lowest BCUT2D eigenvalue weighted by Crippen LogP contribution is -2.13. The molecule has 0 unspecified atom stereocenters. The largest absolute Gasteiger partial charge is 0.321 e. The SMILES string of the molecule is O=C(Nc1ccccc1)c1ccn(-c2ccc(Cl)cn2)n1. The molecule has 21 heavy (non-hydrogen) atoms. The van der Waals surface area contributed by atoms with Crippen LogP contribution in [-0.4, -0.2) is 20.7 Å². The summed E-state index contributed by atoms with van der Waals surface area (Å²) in [6.07, 6.45) is 3.21. The van der Waals surface area contributed by atoms with Crippen LogP contribution in [0.2, 0.25) is 5.02 Å². The number of para-hydroxylation sites is 1. The molecule has 5 nitrogen and oxygen atoms in total. The maximum absolute atomic E-state index is 12.1. The Morgan fingerprint density at radius 2 is 1.90 bits per heavy atom. The summed E-state index contributed by atoms with van der Waals surface area (Å²) in [4.78, 5) is 16.2. The maximum Gasteiger partial charge on any atom is 0.276 e. The lowest BCUT2D eigenvalue weighted by molar-refractivity contribution is 0.102. The van der Waals surface area contributed by atoms with Gasteiger partial charge in [0.25, 0.3) is 5.91 Å². The van der Waals surface area contributed by atoms with Crippen LogP contribution in [0.15, 0.2) is 60.9 Å². The molecule has 0 fully saturated rings. The summed E-state index contributed by atoms with van der Waals surface area (Å²) < 4.78 is 1.52. The number of hydrogen-bond acceptors (Lipinski definition) is 3. The number of carbonyl (C=O) groups excluding carboxylic acids is 1. The third kappa shape index (κ3) is 3.09. The second-order valence-corrected chi connectivity index (χ2v) is 4.74. The number of rotatable bonds is 3. The number of amides is 1. The van der Waals surface area contributed by atoms with Crippen molar-refractivity contribution in [3.8, 4) is 5.82 Å². The number of carbonyl (C=O) groups is 1. The average molecular weight is 299 g/mol. The topological polar surface area (TPSA) is 59.8 Å². The molecule has 0 spiro atoms. The number of pyridine rings is 1. The molecular formula is C15H11ClN4O. The van der Waals surface area contributed by atoms with Crippen LogP contribution in [0.4, 0.5) is 5.69 Å². The highest BCUT2D eigenvalue weighted by molar-refractivity contribution is 6.30. The minimum atomic E-state index is -0.270. The van der Waals surface area contributed by atoms with Crippen LogP contribution in [0.1, 0.15) is 10.5 Å². The van der Waals surface area contributed by atoms with Crippen molar-refractivity contribution in [2.45, 2.75) is 0 Å². The summed E-state index contributed by atoms with van der Waals surface area (Å²) >= 11 is 5.79. The van der Waals surface area contributed by atoms with E-state index >= 15 is 0 Å². The molecule has 104 valence electrons. The van der Waals surface area contributed by atoms with Gasteiger partial charge in [-0.3, -0.25) is 4.79 Å². The van der Waals surface area contributed by atoms with E-state index in [1.807, 2.05) is 30.3 Å². The lowest BCUT2D eigenvalue weighted by atomic mass is 10.3. The number of aromatic nitrogens is 3. The van der Waals surface area contributed by atoms with Crippen molar-refractivity contribution in [3.63, 3.8) is 0 Å². The van der Waals surface area contributed by atoms with E-state index in [1.54, 1.807) is 24.4 Å². The smallest absolute Gasteiger partial charge is 0.276 e. The molecule has 2 heterocycles. The highest BCUT2D eigenvalue weighted by atomic mass is 35.5. The van der Waals surface area contributed by atoms with Gasteiger partial charge < -0.3 is 5.32 Å². The maximum atomic E-state index is 12.1. The fourth-order valence-electron chi connectivity index (χ4n) is 1.79. The minimum Gasteiger partial charge on any atom is -0.321 e. The van der Waals surface area contributed by atoms with Crippen LogP contribution in [0.25, 0.3) is 5.82 Å². The van der Waals surface area contributed by atoms with Crippen molar-refractivity contribution < 1.29 is 4.79 Å². The van der Waals surface area contributed by atoms with Crippen molar-refractivity contribution in [2.24, 2.45) is 0 Å². The Bertz CT molecular complexity index is 753. The third-order valence-corrected chi connectivity index (χ3v) is 3.02. The fraction of sp³-hybridized carbons (Fsp3) is 0. The van der Waals surface area contributed by atoms with Crippen LogP contribution < -0.4 is 5.32 Å². The van der Waals surface area contributed by atoms with Gasteiger partial charge in [-0.1, -0.05) is 29.8 Å². The summed E-state index contributed by atoms with van der Waals surface area (Å²) in [5, 5.41) is 7.53. The molecule has 2 aromatic heterocycles. The van der Waals surface area contributed by atoms with Crippen molar-refractivity contribution in [1.82, 2.24) is 14.8 Å². The molecule has 6 heteroatoms. The lowest BCUT2D eigenvalue weighted by Gasteiger charge is -2.02. The first-order valence-electron chi connectivity index (χ1n) is 6.26. The van der Waals surface area contributed by atoms with Crippen LogP contribution >= 0.6 is 11.6 Å². The van der Waals surface area contributed by atoms with E-state index in [4.69, 9.17) is 11.6 Å². The molecule has 3 aromatic rings. The van der Waals surface area contributed by atoms with Gasteiger partial charge in [-0.15, -0.1) is 0 Å². The van der Waals surface area contributed by atoms with Gasteiger partial charge in [0.1, 0.15) is 0 Å². The van der Waals surface area contributed by atoms with E-state index in [2.05, 4.69) is 15.4 Å². The molecule has 1 amide bonds. The first-order valence-corrected chi connectivity index (χ1v) is 6.64. The second kappa shape index (κ2) is 5.76. The zero-order valence-corrected chi connectivity index (χ0v) is 11.7. The minimum absolute atomic E-state index is 0.270. The molecule has 1 aromatic carbocycles.